The molecule has 0 aromatic heterocycles. The molecule has 0 radical (unpaired) electrons. The first-order chi connectivity index (χ1) is 12.1. The van der Waals surface area contributed by atoms with Crippen LogP contribution < -0.4 is 0 Å². The van der Waals surface area contributed by atoms with Crippen molar-refractivity contribution in [3.8, 4) is 0 Å². The fraction of sp³-hybridized carbons (Fsp3) is 1.00. The highest BCUT2D eigenvalue weighted by Crippen LogP contribution is 2.50. The van der Waals surface area contributed by atoms with Crippen LogP contribution in [-0.2, 0) is 22.4 Å². The van der Waals surface area contributed by atoms with Crippen molar-refractivity contribution in [2.75, 3.05) is 13.0 Å². The molecule has 2 aliphatic rings. The van der Waals surface area contributed by atoms with E-state index >= 15 is 0 Å². The van der Waals surface area contributed by atoms with E-state index in [1.165, 1.54) is 0 Å². The summed E-state index contributed by atoms with van der Waals surface area (Å²) in [6, 6.07) is 0. The highest BCUT2D eigenvalue weighted by molar-refractivity contribution is 6.84. The summed E-state index contributed by atoms with van der Waals surface area (Å²) in [6.07, 6.45) is -1.27. The zero-order valence-electron chi connectivity index (χ0n) is 17.7. The molecule has 0 aromatic carbocycles. The first-order valence-corrected chi connectivity index (χ1v) is 14.3. The van der Waals surface area contributed by atoms with Gasteiger partial charge in [0.1, 0.15) is 18.3 Å². The third-order valence-corrected chi connectivity index (χ3v) is 16.4. The van der Waals surface area contributed by atoms with Crippen LogP contribution in [0.3, 0.4) is 0 Å². The zero-order valence-corrected chi connectivity index (χ0v) is 20.5. The van der Waals surface area contributed by atoms with Crippen molar-refractivity contribution in [2.45, 2.75) is 102 Å². The predicted octanol–water partition coefficient (Wildman–Crippen LogP) is 4.92. The molecule has 154 valence electrons. The van der Waals surface area contributed by atoms with E-state index in [1.54, 1.807) is 7.11 Å². The maximum absolute atomic E-state index is 7.13. The van der Waals surface area contributed by atoms with Gasteiger partial charge in [0.25, 0.3) is 0 Å². The predicted molar refractivity (Wildman–Crippen MR) is 109 cm³/mol. The molecule has 0 amide bonds. The summed E-state index contributed by atoms with van der Waals surface area (Å²) in [5.41, 5.74) is 1.18. The van der Waals surface area contributed by atoms with Gasteiger partial charge >= 0.3 is 17.1 Å². The first kappa shape index (κ1) is 22.8. The normalized spacial score (nSPS) is 33.9. The molecule has 8 heteroatoms. The van der Waals surface area contributed by atoms with E-state index in [2.05, 4.69) is 55.4 Å². The molecule has 0 N–H and O–H groups in total. The summed E-state index contributed by atoms with van der Waals surface area (Å²) in [7, 11) is -3.54. The van der Waals surface area contributed by atoms with Crippen LogP contribution in [-0.4, -0.2) is 54.7 Å². The molecule has 2 saturated heterocycles. The average molecular weight is 425 g/mol. The molecule has 2 rings (SSSR count). The highest BCUT2D eigenvalue weighted by atomic mass is 35.5. The van der Waals surface area contributed by atoms with Gasteiger partial charge in [-0.05, 0) is 22.2 Å². The second-order valence-electron chi connectivity index (χ2n) is 8.76. The van der Waals surface area contributed by atoms with Gasteiger partial charge in [0.15, 0.2) is 6.29 Å². The molecule has 5 nitrogen and oxygen atoms in total. The van der Waals surface area contributed by atoms with Crippen LogP contribution in [0.15, 0.2) is 0 Å². The maximum Gasteiger partial charge on any atom is 0.335 e. The van der Waals surface area contributed by atoms with Gasteiger partial charge in [0, 0.05) is 7.11 Å². The lowest BCUT2D eigenvalue weighted by Crippen LogP contribution is -2.60. The number of fused-ring (bicyclic) bond motifs is 1. The number of methoxy groups -OCH3 is 1. The molecule has 26 heavy (non-hydrogen) atoms. The second kappa shape index (κ2) is 8.49. The van der Waals surface area contributed by atoms with Crippen molar-refractivity contribution in [1.82, 2.24) is 0 Å². The van der Waals surface area contributed by atoms with Crippen LogP contribution in [0.5, 0.6) is 0 Å². The summed E-state index contributed by atoms with van der Waals surface area (Å²) < 4.78 is 32.5. The van der Waals surface area contributed by atoms with Crippen molar-refractivity contribution in [3.05, 3.63) is 0 Å². The van der Waals surface area contributed by atoms with E-state index in [9.17, 15) is 0 Å². The van der Waals surface area contributed by atoms with Gasteiger partial charge in [0.05, 0.1) is 5.88 Å². The zero-order chi connectivity index (χ0) is 19.9. The van der Waals surface area contributed by atoms with Crippen molar-refractivity contribution >= 4 is 28.7 Å². The van der Waals surface area contributed by atoms with E-state index in [4.69, 9.17) is 34.0 Å². The summed E-state index contributed by atoms with van der Waals surface area (Å²) in [5.74, 6) is 0.350. The second-order valence-corrected chi connectivity index (χ2v) is 17.9. The standard InChI is InChI=1S/C18H37ClO5Si2/c1-11(2)25(12(3)4)22-16-15(10-19)21-18(20-9)17(16)23-26(24-25,13(5)6)14(7)8/h11-18H,10H2,1-9H3/t15-,16-,17+,18?/m1/s1. The largest absolute Gasteiger partial charge is 0.414 e. The van der Waals surface area contributed by atoms with Crippen LogP contribution in [0.1, 0.15) is 55.4 Å². The van der Waals surface area contributed by atoms with Crippen molar-refractivity contribution in [1.29, 1.82) is 0 Å². The Labute approximate surface area is 166 Å². The van der Waals surface area contributed by atoms with E-state index < -0.39 is 23.4 Å². The molecule has 0 spiro atoms. The van der Waals surface area contributed by atoms with Gasteiger partial charge in [-0.25, -0.2) is 0 Å². The molecule has 2 heterocycles. The Kier molecular flexibility index (Phi) is 7.45. The quantitative estimate of drug-likeness (QED) is 0.447. The fourth-order valence-electron chi connectivity index (χ4n) is 4.34. The van der Waals surface area contributed by atoms with E-state index in [0.29, 0.717) is 28.0 Å². The number of hydrogen-bond donors (Lipinski definition) is 0. The molecular formula is C18H37ClO5Si2. The number of alkyl halides is 1. The van der Waals surface area contributed by atoms with Crippen LogP contribution in [0.4, 0.5) is 0 Å². The smallest absolute Gasteiger partial charge is 0.335 e. The Morgan fingerprint density at radius 1 is 0.808 bits per heavy atom. The Morgan fingerprint density at radius 3 is 1.58 bits per heavy atom. The highest BCUT2D eigenvalue weighted by Gasteiger charge is 2.64. The molecule has 0 aromatic rings. The topological polar surface area (TPSA) is 46.2 Å². The van der Waals surface area contributed by atoms with Gasteiger partial charge in [-0.15, -0.1) is 11.6 Å². The van der Waals surface area contributed by atoms with Crippen LogP contribution in [0.25, 0.3) is 0 Å². The summed E-state index contributed by atoms with van der Waals surface area (Å²) in [5, 5.41) is 0. The maximum atomic E-state index is 7.13. The molecule has 0 aliphatic carbocycles. The minimum atomic E-state index is -2.60. The Balaban J connectivity index is 2.62. The third kappa shape index (κ3) is 3.70. The van der Waals surface area contributed by atoms with Crippen LogP contribution in [0.2, 0.25) is 22.2 Å². The minimum absolute atomic E-state index is 0.247. The van der Waals surface area contributed by atoms with Crippen molar-refractivity contribution in [3.63, 3.8) is 0 Å². The van der Waals surface area contributed by atoms with Gasteiger partial charge in [0.2, 0.25) is 0 Å². The lowest BCUT2D eigenvalue weighted by molar-refractivity contribution is -0.144. The monoisotopic (exact) mass is 424 g/mol. The average Bonchev–Trinajstić information content (AvgIpc) is 2.77. The van der Waals surface area contributed by atoms with E-state index in [-0.39, 0.29) is 18.3 Å². The Morgan fingerprint density at radius 2 is 1.23 bits per heavy atom. The SMILES string of the molecule is COC1O[C@H](CCl)[C@H]2O[Si](C(C)C)(C(C)C)O[Si](C(C)C)(C(C)C)O[C@H]12. The summed E-state index contributed by atoms with van der Waals surface area (Å²) >= 11 is 6.22. The number of halogens is 1. The molecule has 2 fully saturated rings. The summed E-state index contributed by atoms with van der Waals surface area (Å²) in [6.45, 7) is 17.7. The Bertz CT molecular complexity index is 418. The van der Waals surface area contributed by atoms with Crippen LogP contribution in [0, 0.1) is 0 Å². The number of hydrogen-bond acceptors (Lipinski definition) is 5. The van der Waals surface area contributed by atoms with Gasteiger partial charge in [-0.1, -0.05) is 55.4 Å². The first-order valence-electron chi connectivity index (χ1n) is 9.85. The molecular weight excluding hydrogens is 388 g/mol. The molecule has 2 aliphatic heterocycles. The lowest BCUT2D eigenvalue weighted by atomic mass is 10.2. The van der Waals surface area contributed by atoms with E-state index in [0.717, 1.165) is 0 Å². The van der Waals surface area contributed by atoms with Crippen molar-refractivity contribution < 1.29 is 22.4 Å². The van der Waals surface area contributed by atoms with Crippen molar-refractivity contribution in [2.24, 2.45) is 0 Å². The molecule has 4 atom stereocenters. The molecule has 1 unspecified atom stereocenters. The Hall–Kier alpha value is 0.524. The third-order valence-electron chi connectivity index (χ3n) is 5.83. The molecule has 0 saturated carbocycles. The van der Waals surface area contributed by atoms with Gasteiger partial charge < -0.3 is 22.4 Å². The van der Waals surface area contributed by atoms with E-state index in [1.807, 2.05) is 0 Å². The number of rotatable bonds is 6. The fourth-order valence-corrected chi connectivity index (χ4v) is 15.9. The van der Waals surface area contributed by atoms with Crippen LogP contribution >= 0.6 is 11.6 Å². The lowest BCUT2D eigenvalue weighted by Gasteiger charge is -2.46. The number of ether oxygens (including phenoxy) is 2. The summed E-state index contributed by atoms with van der Waals surface area (Å²) in [4.78, 5) is 0. The molecule has 0 bridgehead atoms. The van der Waals surface area contributed by atoms with Gasteiger partial charge in [-0.3, -0.25) is 0 Å². The minimum Gasteiger partial charge on any atom is -0.414 e. The van der Waals surface area contributed by atoms with Gasteiger partial charge in [-0.2, -0.15) is 0 Å².